The average Bonchev–Trinajstić information content (AvgIpc) is 3.15. The quantitative estimate of drug-likeness (QED) is 0.567. The van der Waals surface area contributed by atoms with Crippen LogP contribution in [0.2, 0.25) is 0 Å². The summed E-state index contributed by atoms with van der Waals surface area (Å²) in [6, 6.07) is 4.95. The van der Waals surface area contributed by atoms with E-state index in [1.54, 1.807) is 11.3 Å². The molecule has 1 aliphatic rings. The minimum atomic E-state index is -0.200. The molecule has 0 atom stereocenters. The first kappa shape index (κ1) is 14.3. The molecule has 0 radical (unpaired) electrons. The van der Waals surface area contributed by atoms with Gasteiger partial charge in [0.2, 0.25) is 0 Å². The number of thiophene rings is 1. The first-order chi connectivity index (χ1) is 9.24. The van der Waals surface area contributed by atoms with E-state index < -0.39 is 0 Å². The molecule has 0 aromatic carbocycles. The lowest BCUT2D eigenvalue weighted by atomic mass is 10.2. The van der Waals surface area contributed by atoms with E-state index in [0.29, 0.717) is 6.04 Å². The van der Waals surface area contributed by atoms with Gasteiger partial charge in [0.25, 0.3) is 0 Å². The van der Waals surface area contributed by atoms with Crippen LogP contribution in [0.1, 0.15) is 31.1 Å². The molecule has 1 aromatic rings. The zero-order valence-corrected chi connectivity index (χ0v) is 12.4. The number of carbonyl (C=O) groups is 1. The highest BCUT2D eigenvalue weighted by Crippen LogP contribution is 2.29. The Bertz CT molecular complexity index is 435. The van der Waals surface area contributed by atoms with Crippen LogP contribution in [0, 0.1) is 0 Å². The number of esters is 1. The zero-order chi connectivity index (χ0) is 13.7. The van der Waals surface area contributed by atoms with E-state index in [-0.39, 0.29) is 5.97 Å². The SMILES string of the molecule is CCC(=CCN(Cc1cccs1)C1CC1)C(=O)OC. The maximum atomic E-state index is 11.6. The fraction of sp³-hybridized carbons (Fsp3) is 0.533. The highest BCUT2D eigenvalue weighted by molar-refractivity contribution is 7.09. The molecule has 0 unspecified atom stereocenters. The van der Waals surface area contributed by atoms with Crippen molar-refractivity contribution in [1.82, 2.24) is 4.90 Å². The maximum Gasteiger partial charge on any atom is 0.333 e. The van der Waals surface area contributed by atoms with Crippen molar-refractivity contribution >= 4 is 17.3 Å². The molecule has 4 heteroatoms. The number of ether oxygens (including phenoxy) is 1. The predicted octanol–water partition coefficient (Wildman–Crippen LogP) is 3.22. The fourth-order valence-corrected chi connectivity index (χ4v) is 2.85. The van der Waals surface area contributed by atoms with Crippen LogP contribution in [-0.2, 0) is 16.1 Å². The van der Waals surface area contributed by atoms with Crippen molar-refractivity contribution < 1.29 is 9.53 Å². The highest BCUT2D eigenvalue weighted by atomic mass is 32.1. The van der Waals surface area contributed by atoms with Crippen molar-refractivity contribution in [2.75, 3.05) is 13.7 Å². The lowest BCUT2D eigenvalue weighted by Crippen LogP contribution is -2.25. The van der Waals surface area contributed by atoms with Crippen molar-refractivity contribution in [3.63, 3.8) is 0 Å². The molecule has 0 bridgehead atoms. The summed E-state index contributed by atoms with van der Waals surface area (Å²) in [6.45, 7) is 3.81. The third kappa shape index (κ3) is 4.18. The van der Waals surface area contributed by atoms with Gasteiger partial charge in [0.05, 0.1) is 7.11 Å². The number of rotatable bonds is 7. The van der Waals surface area contributed by atoms with Crippen LogP contribution in [0.3, 0.4) is 0 Å². The summed E-state index contributed by atoms with van der Waals surface area (Å²) in [5.74, 6) is -0.200. The summed E-state index contributed by atoms with van der Waals surface area (Å²) in [5.41, 5.74) is 0.777. The minimum Gasteiger partial charge on any atom is -0.466 e. The van der Waals surface area contributed by atoms with Gasteiger partial charge in [-0.15, -0.1) is 11.3 Å². The van der Waals surface area contributed by atoms with E-state index >= 15 is 0 Å². The molecule has 19 heavy (non-hydrogen) atoms. The second kappa shape index (κ2) is 6.87. The van der Waals surface area contributed by atoms with Gasteiger partial charge in [0.1, 0.15) is 0 Å². The van der Waals surface area contributed by atoms with E-state index in [1.165, 1.54) is 24.8 Å². The molecule has 1 aromatic heterocycles. The van der Waals surface area contributed by atoms with Gasteiger partial charge in [-0.25, -0.2) is 4.79 Å². The van der Waals surface area contributed by atoms with Gasteiger partial charge in [-0.05, 0) is 30.7 Å². The summed E-state index contributed by atoms with van der Waals surface area (Å²) in [7, 11) is 1.44. The van der Waals surface area contributed by atoms with Crippen molar-refractivity contribution in [3.8, 4) is 0 Å². The molecule has 1 fully saturated rings. The topological polar surface area (TPSA) is 29.5 Å². The maximum absolute atomic E-state index is 11.6. The smallest absolute Gasteiger partial charge is 0.333 e. The van der Waals surface area contributed by atoms with E-state index in [4.69, 9.17) is 4.74 Å². The third-order valence-electron chi connectivity index (χ3n) is 3.40. The highest BCUT2D eigenvalue weighted by Gasteiger charge is 2.28. The number of hydrogen-bond donors (Lipinski definition) is 0. The summed E-state index contributed by atoms with van der Waals surface area (Å²) >= 11 is 1.79. The molecule has 1 saturated carbocycles. The van der Waals surface area contributed by atoms with Gasteiger partial charge >= 0.3 is 5.97 Å². The Morgan fingerprint density at radius 1 is 1.58 bits per heavy atom. The lowest BCUT2D eigenvalue weighted by Gasteiger charge is -2.19. The normalized spacial score (nSPS) is 15.8. The molecular weight excluding hydrogens is 258 g/mol. The molecule has 2 rings (SSSR count). The molecule has 1 heterocycles. The van der Waals surface area contributed by atoms with Crippen molar-refractivity contribution in [3.05, 3.63) is 34.0 Å². The second-order valence-electron chi connectivity index (χ2n) is 4.81. The standard InChI is InChI=1S/C15H21NO2S/c1-3-12(15(17)18-2)8-9-16(13-6-7-13)11-14-5-4-10-19-14/h4-5,8,10,13H,3,6-7,9,11H2,1-2H3. The van der Waals surface area contributed by atoms with Gasteiger partial charge < -0.3 is 4.74 Å². The number of hydrogen-bond acceptors (Lipinski definition) is 4. The van der Waals surface area contributed by atoms with Crippen LogP contribution in [0.4, 0.5) is 0 Å². The number of carbonyl (C=O) groups excluding carboxylic acids is 1. The third-order valence-corrected chi connectivity index (χ3v) is 4.26. The second-order valence-corrected chi connectivity index (χ2v) is 5.85. The van der Waals surface area contributed by atoms with Crippen molar-refractivity contribution in [1.29, 1.82) is 0 Å². The zero-order valence-electron chi connectivity index (χ0n) is 11.6. The van der Waals surface area contributed by atoms with Gasteiger partial charge in [-0.3, -0.25) is 4.90 Å². The molecule has 0 spiro atoms. The summed E-state index contributed by atoms with van der Waals surface area (Å²) in [5, 5.41) is 2.11. The first-order valence-corrected chi connectivity index (χ1v) is 7.66. The van der Waals surface area contributed by atoms with E-state index in [0.717, 1.165) is 25.1 Å². The van der Waals surface area contributed by atoms with Crippen LogP contribution in [0.25, 0.3) is 0 Å². The Balaban J connectivity index is 1.96. The van der Waals surface area contributed by atoms with Crippen LogP contribution in [0.15, 0.2) is 29.2 Å². The molecule has 1 aliphatic carbocycles. The van der Waals surface area contributed by atoms with Crippen molar-refractivity contribution in [2.24, 2.45) is 0 Å². The molecule has 0 N–H and O–H groups in total. The Kier molecular flexibility index (Phi) is 5.16. The molecule has 104 valence electrons. The van der Waals surface area contributed by atoms with Gasteiger partial charge in [-0.2, -0.15) is 0 Å². The monoisotopic (exact) mass is 279 g/mol. The first-order valence-electron chi connectivity index (χ1n) is 6.78. The Morgan fingerprint density at radius 3 is 2.89 bits per heavy atom. The molecule has 0 aliphatic heterocycles. The largest absolute Gasteiger partial charge is 0.466 e. The van der Waals surface area contributed by atoms with Crippen molar-refractivity contribution in [2.45, 2.75) is 38.8 Å². The van der Waals surface area contributed by atoms with Crippen LogP contribution >= 0.6 is 11.3 Å². The van der Waals surface area contributed by atoms with Gasteiger partial charge in [-0.1, -0.05) is 19.1 Å². The Hall–Kier alpha value is -1.13. The molecule has 3 nitrogen and oxygen atoms in total. The van der Waals surface area contributed by atoms with Gasteiger partial charge in [0, 0.05) is 29.6 Å². The molecule has 0 saturated heterocycles. The minimum absolute atomic E-state index is 0.200. The number of methoxy groups -OCH3 is 1. The fourth-order valence-electron chi connectivity index (χ4n) is 2.12. The van der Waals surface area contributed by atoms with E-state index in [1.807, 2.05) is 13.0 Å². The summed E-state index contributed by atoms with van der Waals surface area (Å²) < 4.78 is 4.79. The van der Waals surface area contributed by atoms with Crippen LogP contribution in [-0.4, -0.2) is 30.6 Å². The van der Waals surface area contributed by atoms with E-state index in [9.17, 15) is 4.79 Å². The Labute approximate surface area is 118 Å². The molecular formula is C15H21NO2S. The van der Waals surface area contributed by atoms with E-state index in [2.05, 4.69) is 22.4 Å². The van der Waals surface area contributed by atoms with Crippen LogP contribution in [0.5, 0.6) is 0 Å². The average molecular weight is 279 g/mol. The predicted molar refractivity (Wildman–Crippen MR) is 78.1 cm³/mol. The lowest BCUT2D eigenvalue weighted by molar-refractivity contribution is -0.136. The Morgan fingerprint density at radius 2 is 2.37 bits per heavy atom. The number of nitrogens with zero attached hydrogens (tertiary/aromatic N) is 1. The summed E-state index contributed by atoms with van der Waals surface area (Å²) in [6.07, 6.45) is 5.31. The summed E-state index contributed by atoms with van der Waals surface area (Å²) in [4.78, 5) is 15.4. The van der Waals surface area contributed by atoms with Gasteiger partial charge in [0.15, 0.2) is 0 Å². The molecule has 0 amide bonds. The van der Waals surface area contributed by atoms with Crippen LogP contribution < -0.4 is 0 Å².